The van der Waals surface area contributed by atoms with Gasteiger partial charge in [-0.05, 0) is 47.3 Å². The molecule has 0 saturated heterocycles. The Kier molecular flexibility index (Phi) is 22.9. The standard InChI is InChI=1S/C53H74N2O5S/c1-3-5-7-9-11-13-27-37-54-53(61)55(38-28-14-12-10-8-6-4-2)47-48(56)50(58-40-44-31-21-16-22-32-44)52(60-42-46-35-25-18-26-36-46)51(59-41-45-33-23-17-24-34-45)49(47)57-39-43-29-19-15-20-30-43/h15-26,29-36,47-52,56H,3-14,27-28,37-42H2,1-2H3,(H,54,61)/t47-,48+,49-,50-,51+,52+/m0/s1. The first-order valence-corrected chi connectivity index (χ1v) is 23.8. The molecular formula is C53H74N2O5S. The van der Waals surface area contributed by atoms with Crippen LogP contribution in [0.5, 0.6) is 0 Å². The Morgan fingerprint density at radius 2 is 0.820 bits per heavy atom. The zero-order valence-electron chi connectivity index (χ0n) is 37.1. The fourth-order valence-electron chi connectivity index (χ4n) is 8.35. The summed E-state index contributed by atoms with van der Waals surface area (Å²) in [7, 11) is 0. The highest BCUT2D eigenvalue weighted by atomic mass is 32.1. The van der Waals surface area contributed by atoms with Gasteiger partial charge >= 0.3 is 0 Å². The minimum absolute atomic E-state index is 0.306. The first-order valence-electron chi connectivity index (χ1n) is 23.4. The average molecular weight is 851 g/mol. The van der Waals surface area contributed by atoms with E-state index in [1.807, 2.05) is 72.8 Å². The summed E-state index contributed by atoms with van der Waals surface area (Å²) in [5.41, 5.74) is 4.13. The number of nitrogens with one attached hydrogen (secondary N) is 1. The number of aliphatic hydroxyl groups is 1. The molecule has 0 aromatic heterocycles. The fourth-order valence-corrected chi connectivity index (χ4v) is 8.67. The molecule has 1 aliphatic rings. The first-order chi connectivity index (χ1) is 30.1. The lowest BCUT2D eigenvalue weighted by Crippen LogP contribution is -2.71. The van der Waals surface area contributed by atoms with Crippen molar-refractivity contribution < 1.29 is 24.1 Å². The average Bonchev–Trinajstić information content (AvgIpc) is 3.30. The highest BCUT2D eigenvalue weighted by Crippen LogP contribution is 2.36. The third-order valence-electron chi connectivity index (χ3n) is 11.8. The highest BCUT2D eigenvalue weighted by Gasteiger charge is 2.55. The lowest BCUT2D eigenvalue weighted by Gasteiger charge is -2.52. The van der Waals surface area contributed by atoms with E-state index in [-0.39, 0.29) is 0 Å². The summed E-state index contributed by atoms with van der Waals surface area (Å²) in [6.45, 7) is 7.29. The molecule has 7 nitrogen and oxygen atoms in total. The van der Waals surface area contributed by atoms with Crippen molar-refractivity contribution in [1.29, 1.82) is 0 Å². The second-order valence-corrected chi connectivity index (χ2v) is 17.1. The van der Waals surface area contributed by atoms with Gasteiger partial charge in [-0.25, -0.2) is 0 Å². The van der Waals surface area contributed by atoms with Crippen molar-refractivity contribution in [3.05, 3.63) is 144 Å². The molecule has 0 aliphatic heterocycles. The van der Waals surface area contributed by atoms with Gasteiger partial charge in [0.05, 0.1) is 32.5 Å². The van der Waals surface area contributed by atoms with Crippen LogP contribution < -0.4 is 5.32 Å². The van der Waals surface area contributed by atoms with Crippen LogP contribution in [0.1, 0.15) is 126 Å². The van der Waals surface area contributed by atoms with E-state index in [4.69, 9.17) is 31.2 Å². The van der Waals surface area contributed by atoms with Crippen molar-refractivity contribution in [3.63, 3.8) is 0 Å². The molecule has 1 saturated carbocycles. The molecule has 2 N–H and O–H groups in total. The molecule has 4 aromatic carbocycles. The Balaban J connectivity index is 1.51. The zero-order chi connectivity index (χ0) is 42.7. The lowest BCUT2D eigenvalue weighted by atomic mass is 9.81. The lowest BCUT2D eigenvalue weighted by molar-refractivity contribution is -0.259. The largest absolute Gasteiger partial charge is 0.388 e. The third kappa shape index (κ3) is 16.9. The number of nitrogens with zero attached hydrogens (tertiary/aromatic N) is 1. The summed E-state index contributed by atoms with van der Waals surface area (Å²) >= 11 is 6.35. The molecule has 1 aliphatic carbocycles. The predicted octanol–water partition coefficient (Wildman–Crippen LogP) is 11.7. The van der Waals surface area contributed by atoms with Crippen LogP contribution in [0.3, 0.4) is 0 Å². The van der Waals surface area contributed by atoms with Gasteiger partial charge in [-0.2, -0.15) is 0 Å². The van der Waals surface area contributed by atoms with Crippen LogP contribution in [-0.2, 0) is 45.4 Å². The molecule has 4 aromatic rings. The number of unbranched alkanes of at least 4 members (excludes halogenated alkanes) is 12. The van der Waals surface area contributed by atoms with Gasteiger partial charge < -0.3 is 34.3 Å². The summed E-state index contributed by atoms with van der Waals surface area (Å²) in [6.07, 6.45) is 13.1. The molecule has 332 valence electrons. The molecule has 6 atom stereocenters. The molecule has 0 bridgehead atoms. The highest BCUT2D eigenvalue weighted by molar-refractivity contribution is 7.80. The Hall–Kier alpha value is -3.63. The van der Waals surface area contributed by atoms with E-state index in [0.717, 1.165) is 54.5 Å². The van der Waals surface area contributed by atoms with Gasteiger partial charge in [0.2, 0.25) is 0 Å². The number of thiocarbonyl (C=S) groups is 1. The quantitative estimate of drug-likeness (QED) is 0.0413. The van der Waals surface area contributed by atoms with E-state index in [1.165, 1.54) is 64.2 Å². The van der Waals surface area contributed by atoms with Crippen molar-refractivity contribution in [3.8, 4) is 0 Å². The molecule has 8 heteroatoms. The van der Waals surface area contributed by atoms with Crippen molar-refractivity contribution in [2.75, 3.05) is 13.1 Å². The molecule has 0 heterocycles. The Bertz CT molecular complexity index is 1700. The van der Waals surface area contributed by atoms with Gasteiger partial charge in [-0.1, -0.05) is 212 Å². The SMILES string of the molecule is CCCCCCCCCNC(=S)N(CCCCCCCCC)[C@H]1[C@@H](O)[C@H](OCc2ccccc2)[C@@H](OCc2ccccc2)[C@H](OCc2ccccc2)[C@H]1OCc1ccccc1. The minimum atomic E-state index is -1.02. The Morgan fingerprint density at radius 1 is 0.475 bits per heavy atom. The number of aliphatic hydroxyl groups excluding tert-OH is 1. The van der Waals surface area contributed by atoms with E-state index in [0.29, 0.717) is 38.1 Å². The first kappa shape index (κ1) is 48.4. The smallest absolute Gasteiger partial charge is 0.169 e. The number of hydrogen-bond acceptors (Lipinski definition) is 6. The zero-order valence-corrected chi connectivity index (χ0v) is 37.9. The van der Waals surface area contributed by atoms with Gasteiger partial charge in [0.15, 0.2) is 5.11 Å². The second-order valence-electron chi connectivity index (χ2n) is 16.7. The summed E-state index contributed by atoms with van der Waals surface area (Å²) in [4.78, 5) is 2.22. The molecule has 5 rings (SSSR count). The maximum Gasteiger partial charge on any atom is 0.169 e. The summed E-state index contributed by atoms with van der Waals surface area (Å²) in [6, 6.07) is 40.2. The number of ether oxygens (including phenoxy) is 4. The Morgan fingerprint density at radius 3 is 1.25 bits per heavy atom. The van der Waals surface area contributed by atoms with Crippen LogP contribution in [0.2, 0.25) is 0 Å². The third-order valence-corrected chi connectivity index (χ3v) is 12.2. The van der Waals surface area contributed by atoms with Gasteiger partial charge in [0.25, 0.3) is 0 Å². The molecular weight excluding hydrogens is 777 g/mol. The minimum Gasteiger partial charge on any atom is -0.388 e. The van der Waals surface area contributed by atoms with Gasteiger partial charge in [-0.3, -0.25) is 0 Å². The second kappa shape index (κ2) is 28.9. The van der Waals surface area contributed by atoms with Crippen molar-refractivity contribution in [2.24, 2.45) is 0 Å². The van der Waals surface area contributed by atoms with Crippen LogP contribution in [0, 0.1) is 0 Å². The molecule has 61 heavy (non-hydrogen) atoms. The maximum atomic E-state index is 13.0. The number of benzene rings is 4. The van der Waals surface area contributed by atoms with Crippen LogP contribution in [0.25, 0.3) is 0 Å². The van der Waals surface area contributed by atoms with Crippen molar-refractivity contribution in [1.82, 2.24) is 10.2 Å². The van der Waals surface area contributed by atoms with Crippen LogP contribution in [0.4, 0.5) is 0 Å². The maximum absolute atomic E-state index is 13.0. The summed E-state index contributed by atoms with van der Waals surface area (Å²) < 4.78 is 28.0. The fraction of sp³-hybridized carbons (Fsp3) is 0.528. The van der Waals surface area contributed by atoms with E-state index in [2.05, 4.69) is 72.6 Å². The van der Waals surface area contributed by atoms with Crippen molar-refractivity contribution >= 4 is 17.3 Å². The predicted molar refractivity (Wildman–Crippen MR) is 253 cm³/mol. The van der Waals surface area contributed by atoms with E-state index in [1.54, 1.807) is 0 Å². The van der Waals surface area contributed by atoms with Gasteiger partial charge in [0, 0.05) is 13.1 Å². The van der Waals surface area contributed by atoms with Crippen molar-refractivity contribution in [2.45, 2.75) is 167 Å². The van der Waals surface area contributed by atoms with Crippen LogP contribution in [-0.4, -0.2) is 64.8 Å². The normalized spacial score (nSPS) is 20.0. The monoisotopic (exact) mass is 851 g/mol. The summed E-state index contributed by atoms with van der Waals surface area (Å²) in [5, 5.41) is 17.3. The van der Waals surface area contributed by atoms with E-state index in [9.17, 15) is 5.11 Å². The van der Waals surface area contributed by atoms with Crippen LogP contribution in [0.15, 0.2) is 121 Å². The summed E-state index contributed by atoms with van der Waals surface area (Å²) in [5.74, 6) is 0. The number of hydrogen-bond donors (Lipinski definition) is 2. The molecule has 0 unspecified atom stereocenters. The topological polar surface area (TPSA) is 72.4 Å². The molecule has 0 spiro atoms. The number of rotatable bonds is 29. The van der Waals surface area contributed by atoms with Gasteiger partial charge in [0.1, 0.15) is 30.5 Å². The van der Waals surface area contributed by atoms with E-state index < -0.39 is 36.6 Å². The van der Waals surface area contributed by atoms with Crippen LogP contribution >= 0.6 is 12.2 Å². The Labute approximate surface area is 373 Å². The van der Waals surface area contributed by atoms with Gasteiger partial charge in [-0.15, -0.1) is 0 Å². The molecule has 1 fully saturated rings. The van der Waals surface area contributed by atoms with E-state index >= 15 is 0 Å². The molecule has 0 radical (unpaired) electrons. The molecule has 0 amide bonds.